The number of urea groups is 1. The van der Waals surface area contributed by atoms with Crippen LogP contribution in [-0.4, -0.2) is 54.7 Å². The topological polar surface area (TPSA) is 82.3 Å². The van der Waals surface area contributed by atoms with Gasteiger partial charge in [0, 0.05) is 24.0 Å². The molecule has 2 aliphatic rings. The molecule has 7 heteroatoms. The summed E-state index contributed by atoms with van der Waals surface area (Å²) in [4.78, 5) is 23.3. The van der Waals surface area contributed by atoms with E-state index in [0.717, 1.165) is 51.1 Å². The highest BCUT2D eigenvalue weighted by atomic mass is 32.2. The maximum absolute atomic E-state index is 11.9. The van der Waals surface area contributed by atoms with Crippen LogP contribution < -0.4 is 21.3 Å². The Morgan fingerprint density at radius 3 is 2.70 bits per heavy atom. The van der Waals surface area contributed by atoms with E-state index in [2.05, 4.69) is 28.2 Å². The first-order valence-electron chi connectivity index (χ1n) is 10.9. The molecule has 0 spiro atoms. The Hall–Kier alpha value is -0.950. The Morgan fingerprint density at radius 2 is 1.85 bits per heavy atom. The summed E-state index contributed by atoms with van der Waals surface area (Å²) in [6.45, 7) is 5.08. The van der Waals surface area contributed by atoms with Gasteiger partial charge in [0.2, 0.25) is 5.91 Å². The van der Waals surface area contributed by atoms with Gasteiger partial charge in [-0.3, -0.25) is 4.79 Å². The van der Waals surface area contributed by atoms with E-state index < -0.39 is 0 Å². The second kappa shape index (κ2) is 13.3. The van der Waals surface area contributed by atoms with Crippen molar-refractivity contribution in [2.45, 2.75) is 88.5 Å². The van der Waals surface area contributed by atoms with Crippen LogP contribution in [-0.2, 0) is 4.79 Å². The Morgan fingerprint density at radius 1 is 1.04 bits per heavy atom. The number of carbonyl (C=O) groups is 2. The van der Waals surface area contributed by atoms with Crippen molar-refractivity contribution < 1.29 is 9.59 Å². The van der Waals surface area contributed by atoms with Crippen molar-refractivity contribution in [3.05, 3.63) is 0 Å². The molecule has 0 saturated carbocycles. The van der Waals surface area contributed by atoms with E-state index in [-0.39, 0.29) is 18.0 Å². The number of hydrogen-bond acceptors (Lipinski definition) is 4. The third kappa shape index (κ3) is 8.73. The highest BCUT2D eigenvalue weighted by molar-refractivity contribution is 8.00. The van der Waals surface area contributed by atoms with E-state index >= 15 is 0 Å². The summed E-state index contributed by atoms with van der Waals surface area (Å²) >= 11 is 1.94. The van der Waals surface area contributed by atoms with Crippen LogP contribution in [0.2, 0.25) is 0 Å². The third-order valence-corrected chi connectivity index (χ3v) is 6.90. The second-order valence-electron chi connectivity index (χ2n) is 7.74. The number of thioether (sulfide) groups is 1. The number of nitrogens with one attached hydrogen (secondary N) is 4. The smallest absolute Gasteiger partial charge is 0.315 e. The molecule has 0 aliphatic carbocycles. The summed E-state index contributed by atoms with van der Waals surface area (Å²) < 4.78 is 0. The van der Waals surface area contributed by atoms with Crippen LogP contribution in [0, 0.1) is 0 Å². The van der Waals surface area contributed by atoms with Crippen LogP contribution in [0.5, 0.6) is 0 Å². The fourth-order valence-corrected chi connectivity index (χ4v) is 5.33. The van der Waals surface area contributed by atoms with Crippen LogP contribution >= 0.6 is 11.8 Å². The first kappa shape index (κ1) is 22.3. The number of fused-ring (bicyclic) bond motifs is 1. The first-order chi connectivity index (χ1) is 13.2. The lowest BCUT2D eigenvalue weighted by atomic mass is 10.0. The summed E-state index contributed by atoms with van der Waals surface area (Å²) in [5, 5.41) is 13.0. The molecule has 2 saturated heterocycles. The molecule has 2 aliphatic heterocycles. The minimum Gasteiger partial charge on any atom is -0.356 e. The molecule has 0 aromatic rings. The van der Waals surface area contributed by atoms with Gasteiger partial charge in [0.15, 0.2) is 0 Å². The normalized spacial score (nSPS) is 23.7. The van der Waals surface area contributed by atoms with Crippen LogP contribution in [0.15, 0.2) is 0 Å². The molecule has 0 aromatic carbocycles. The third-order valence-electron chi connectivity index (χ3n) is 5.39. The van der Waals surface area contributed by atoms with E-state index in [9.17, 15) is 9.59 Å². The average molecular weight is 399 g/mol. The van der Waals surface area contributed by atoms with E-state index in [4.69, 9.17) is 0 Å². The number of amides is 3. The summed E-state index contributed by atoms with van der Waals surface area (Å²) in [6, 6.07) is 0.539. The zero-order chi connectivity index (χ0) is 19.3. The monoisotopic (exact) mass is 398 g/mol. The molecule has 156 valence electrons. The minimum absolute atomic E-state index is 0.0272. The van der Waals surface area contributed by atoms with Gasteiger partial charge in [-0.15, -0.1) is 0 Å². The Kier molecular flexibility index (Phi) is 11.0. The average Bonchev–Trinajstić information content (AvgIpc) is 3.20. The number of hydrogen-bond donors (Lipinski definition) is 4. The van der Waals surface area contributed by atoms with Crippen molar-refractivity contribution in [2.24, 2.45) is 0 Å². The fraction of sp³-hybridized carbons (Fsp3) is 0.900. The van der Waals surface area contributed by atoms with Gasteiger partial charge in [0.25, 0.3) is 0 Å². The van der Waals surface area contributed by atoms with Gasteiger partial charge in [-0.2, -0.15) is 11.8 Å². The molecule has 2 heterocycles. The van der Waals surface area contributed by atoms with Crippen LogP contribution in [0.25, 0.3) is 0 Å². The lowest BCUT2D eigenvalue weighted by Crippen LogP contribution is -2.36. The molecular weight excluding hydrogens is 360 g/mol. The summed E-state index contributed by atoms with van der Waals surface area (Å²) in [5.41, 5.74) is 0. The van der Waals surface area contributed by atoms with Crippen molar-refractivity contribution in [3.8, 4) is 0 Å². The predicted molar refractivity (Wildman–Crippen MR) is 113 cm³/mol. The van der Waals surface area contributed by atoms with Crippen molar-refractivity contribution in [1.29, 1.82) is 0 Å². The first-order valence-corrected chi connectivity index (χ1v) is 11.9. The molecule has 2 rings (SSSR count). The Balaban J connectivity index is 1.36. The quantitative estimate of drug-likeness (QED) is 0.253. The van der Waals surface area contributed by atoms with Gasteiger partial charge < -0.3 is 21.3 Å². The molecule has 3 atom stereocenters. The van der Waals surface area contributed by atoms with Gasteiger partial charge in [-0.05, 0) is 38.8 Å². The molecule has 4 N–H and O–H groups in total. The maximum Gasteiger partial charge on any atom is 0.315 e. The van der Waals surface area contributed by atoms with Crippen molar-refractivity contribution >= 4 is 23.7 Å². The van der Waals surface area contributed by atoms with E-state index in [1.165, 1.54) is 32.1 Å². The Bertz CT molecular complexity index is 450. The lowest BCUT2D eigenvalue weighted by Gasteiger charge is -2.16. The highest BCUT2D eigenvalue weighted by Crippen LogP contribution is 2.33. The molecule has 3 amide bonds. The summed E-state index contributed by atoms with van der Waals surface area (Å²) in [5.74, 6) is 1.17. The Labute approximate surface area is 168 Å². The molecule has 0 unspecified atom stereocenters. The van der Waals surface area contributed by atoms with Crippen LogP contribution in [0.3, 0.4) is 0 Å². The van der Waals surface area contributed by atoms with Gasteiger partial charge in [-0.25, -0.2) is 4.79 Å². The number of unbranched alkanes of at least 4 members (excludes halogenated alkanes) is 5. The van der Waals surface area contributed by atoms with E-state index in [1.54, 1.807) is 0 Å². The fourth-order valence-electron chi connectivity index (χ4n) is 3.78. The van der Waals surface area contributed by atoms with E-state index in [0.29, 0.717) is 17.7 Å². The predicted octanol–water partition coefficient (Wildman–Crippen LogP) is 2.78. The highest BCUT2D eigenvalue weighted by Gasteiger charge is 2.42. The standard InChI is InChI=1S/C20H38N4O2S/c1-2-3-4-5-8-12-21-13-9-14-22-18(25)11-7-6-10-17-19-16(15-27-17)23-20(26)24-19/h16-17,19,21H,2-15H2,1H3,(H,22,25)(H2,23,24,26)/t16-,17-,19-/m0/s1. The molecule has 0 radical (unpaired) electrons. The zero-order valence-electron chi connectivity index (χ0n) is 16.9. The lowest BCUT2D eigenvalue weighted by molar-refractivity contribution is -0.121. The number of carbonyl (C=O) groups excluding carboxylic acids is 2. The van der Waals surface area contributed by atoms with E-state index in [1.807, 2.05) is 11.8 Å². The van der Waals surface area contributed by atoms with Gasteiger partial charge in [-0.1, -0.05) is 39.0 Å². The molecule has 27 heavy (non-hydrogen) atoms. The largest absolute Gasteiger partial charge is 0.356 e. The molecule has 6 nitrogen and oxygen atoms in total. The van der Waals surface area contributed by atoms with Gasteiger partial charge >= 0.3 is 6.03 Å². The molecule has 2 fully saturated rings. The van der Waals surface area contributed by atoms with Crippen molar-refractivity contribution in [1.82, 2.24) is 21.3 Å². The van der Waals surface area contributed by atoms with Crippen molar-refractivity contribution in [2.75, 3.05) is 25.4 Å². The van der Waals surface area contributed by atoms with Gasteiger partial charge in [0.1, 0.15) is 0 Å². The molecule has 0 aromatic heterocycles. The van der Waals surface area contributed by atoms with Crippen LogP contribution in [0.1, 0.15) is 71.1 Å². The zero-order valence-corrected chi connectivity index (χ0v) is 17.7. The molecular formula is C20H38N4O2S. The maximum atomic E-state index is 11.9. The summed E-state index contributed by atoms with van der Waals surface area (Å²) in [7, 11) is 0. The van der Waals surface area contributed by atoms with Crippen molar-refractivity contribution in [3.63, 3.8) is 0 Å². The van der Waals surface area contributed by atoms with Crippen LogP contribution in [0.4, 0.5) is 4.79 Å². The number of rotatable bonds is 15. The summed E-state index contributed by atoms with van der Waals surface area (Å²) in [6.07, 6.45) is 11.2. The van der Waals surface area contributed by atoms with Gasteiger partial charge in [0.05, 0.1) is 12.1 Å². The molecule has 0 bridgehead atoms. The second-order valence-corrected chi connectivity index (χ2v) is 9.01. The SMILES string of the molecule is CCCCCCCNCCCNC(=O)CCCC[C@@H]1SC[C@@H]2NC(=O)N[C@@H]21. The minimum atomic E-state index is -0.0272.